The molecule has 5 nitrogen and oxygen atoms in total. The third-order valence-corrected chi connectivity index (χ3v) is 3.17. The van der Waals surface area contributed by atoms with Crippen molar-refractivity contribution in [2.75, 3.05) is 5.32 Å². The lowest BCUT2D eigenvalue weighted by molar-refractivity contribution is 0.102. The van der Waals surface area contributed by atoms with E-state index in [1.54, 1.807) is 0 Å². The standard InChI is InChI=1S/C15H14N4O/c16-9-10-5-1-3-7-12(10)17-15(20)14-11-6-2-4-8-13(11)18-19-14/h1-8H,9,16H2,(H,17,20)(H,18,19). The number of aromatic nitrogens is 2. The lowest BCUT2D eigenvalue weighted by atomic mass is 10.1. The molecule has 0 unspecified atom stereocenters. The van der Waals surface area contributed by atoms with Crippen LogP contribution in [0.3, 0.4) is 0 Å². The van der Waals surface area contributed by atoms with Crippen LogP contribution in [0.5, 0.6) is 0 Å². The van der Waals surface area contributed by atoms with Crippen LogP contribution in [0.2, 0.25) is 0 Å². The monoisotopic (exact) mass is 266 g/mol. The molecule has 2 aromatic carbocycles. The minimum absolute atomic E-state index is 0.247. The summed E-state index contributed by atoms with van der Waals surface area (Å²) in [6.45, 7) is 0.373. The summed E-state index contributed by atoms with van der Waals surface area (Å²) >= 11 is 0. The number of hydrogen-bond donors (Lipinski definition) is 3. The lowest BCUT2D eigenvalue weighted by Gasteiger charge is -2.08. The number of aromatic amines is 1. The zero-order chi connectivity index (χ0) is 13.9. The largest absolute Gasteiger partial charge is 0.326 e. The van der Waals surface area contributed by atoms with Crippen LogP contribution in [-0.2, 0) is 6.54 Å². The van der Waals surface area contributed by atoms with E-state index in [0.29, 0.717) is 17.9 Å². The maximum atomic E-state index is 12.3. The third-order valence-electron chi connectivity index (χ3n) is 3.17. The van der Waals surface area contributed by atoms with Gasteiger partial charge in [-0.2, -0.15) is 5.10 Å². The van der Waals surface area contributed by atoms with Gasteiger partial charge in [0.05, 0.1) is 5.52 Å². The molecule has 4 N–H and O–H groups in total. The van der Waals surface area contributed by atoms with Crippen molar-refractivity contribution in [2.24, 2.45) is 5.73 Å². The number of nitrogens with zero attached hydrogens (tertiary/aromatic N) is 1. The number of para-hydroxylation sites is 2. The molecule has 1 heterocycles. The average Bonchev–Trinajstić information content (AvgIpc) is 2.92. The first-order valence-electron chi connectivity index (χ1n) is 6.32. The fourth-order valence-corrected chi connectivity index (χ4v) is 2.14. The Morgan fingerprint density at radius 1 is 1.15 bits per heavy atom. The molecule has 3 aromatic rings. The van der Waals surface area contributed by atoms with Crippen molar-refractivity contribution in [3.8, 4) is 0 Å². The Kier molecular flexibility index (Phi) is 3.18. The summed E-state index contributed by atoms with van der Waals surface area (Å²) in [6.07, 6.45) is 0. The molecule has 0 bridgehead atoms. The molecule has 0 fully saturated rings. The molecule has 1 amide bonds. The molecule has 1 aromatic heterocycles. The maximum Gasteiger partial charge on any atom is 0.276 e. The second-order valence-electron chi connectivity index (χ2n) is 4.43. The summed E-state index contributed by atoms with van der Waals surface area (Å²) in [5.41, 5.74) is 8.49. The van der Waals surface area contributed by atoms with Gasteiger partial charge in [-0.25, -0.2) is 0 Å². The maximum absolute atomic E-state index is 12.3. The normalized spacial score (nSPS) is 10.7. The molecule has 0 atom stereocenters. The first kappa shape index (κ1) is 12.4. The van der Waals surface area contributed by atoms with Gasteiger partial charge < -0.3 is 11.1 Å². The van der Waals surface area contributed by atoms with E-state index in [4.69, 9.17) is 5.73 Å². The molecule has 0 spiro atoms. The van der Waals surface area contributed by atoms with Gasteiger partial charge in [-0.1, -0.05) is 36.4 Å². The summed E-state index contributed by atoms with van der Waals surface area (Å²) in [6, 6.07) is 15.0. The molecule has 0 radical (unpaired) electrons. The zero-order valence-corrected chi connectivity index (χ0v) is 10.8. The number of rotatable bonds is 3. The molecular weight excluding hydrogens is 252 g/mol. The number of nitrogens with two attached hydrogens (primary N) is 1. The highest BCUT2D eigenvalue weighted by molar-refractivity contribution is 6.11. The minimum Gasteiger partial charge on any atom is -0.326 e. The smallest absolute Gasteiger partial charge is 0.276 e. The SMILES string of the molecule is NCc1ccccc1NC(=O)c1n[nH]c2ccccc12. The molecule has 5 heteroatoms. The van der Waals surface area contributed by atoms with Crippen LogP contribution in [0.25, 0.3) is 10.9 Å². The second-order valence-corrected chi connectivity index (χ2v) is 4.43. The van der Waals surface area contributed by atoms with E-state index >= 15 is 0 Å². The summed E-state index contributed by atoms with van der Waals surface area (Å²) in [7, 11) is 0. The van der Waals surface area contributed by atoms with E-state index in [-0.39, 0.29) is 5.91 Å². The van der Waals surface area contributed by atoms with Crippen molar-refractivity contribution in [1.82, 2.24) is 10.2 Å². The van der Waals surface area contributed by atoms with Gasteiger partial charge in [-0.15, -0.1) is 0 Å². The van der Waals surface area contributed by atoms with E-state index in [0.717, 1.165) is 16.5 Å². The highest BCUT2D eigenvalue weighted by Crippen LogP contribution is 2.19. The fourth-order valence-electron chi connectivity index (χ4n) is 2.14. The Bertz CT molecular complexity index is 763. The number of nitrogens with one attached hydrogen (secondary N) is 2. The van der Waals surface area contributed by atoms with Crippen molar-refractivity contribution in [1.29, 1.82) is 0 Å². The Labute approximate surface area is 115 Å². The van der Waals surface area contributed by atoms with Gasteiger partial charge >= 0.3 is 0 Å². The number of carbonyl (C=O) groups excluding carboxylic acids is 1. The van der Waals surface area contributed by atoms with Gasteiger partial charge in [0.25, 0.3) is 5.91 Å². The Morgan fingerprint density at radius 2 is 1.90 bits per heavy atom. The zero-order valence-electron chi connectivity index (χ0n) is 10.8. The summed E-state index contributed by atoms with van der Waals surface area (Å²) in [5.74, 6) is -0.247. The topological polar surface area (TPSA) is 83.8 Å². The van der Waals surface area contributed by atoms with Crippen LogP contribution in [0.15, 0.2) is 48.5 Å². The summed E-state index contributed by atoms with van der Waals surface area (Å²) in [4.78, 5) is 12.3. The first-order chi connectivity index (χ1) is 9.79. The number of anilines is 1. The van der Waals surface area contributed by atoms with E-state index < -0.39 is 0 Å². The molecule has 0 aliphatic rings. The van der Waals surface area contributed by atoms with Gasteiger partial charge in [0, 0.05) is 17.6 Å². The van der Waals surface area contributed by atoms with E-state index in [2.05, 4.69) is 15.5 Å². The van der Waals surface area contributed by atoms with Gasteiger partial charge in [0.15, 0.2) is 5.69 Å². The molecule has 20 heavy (non-hydrogen) atoms. The van der Waals surface area contributed by atoms with Crippen molar-refractivity contribution >= 4 is 22.5 Å². The van der Waals surface area contributed by atoms with E-state index in [9.17, 15) is 4.79 Å². The van der Waals surface area contributed by atoms with Gasteiger partial charge in [0.2, 0.25) is 0 Å². The van der Waals surface area contributed by atoms with Crippen molar-refractivity contribution < 1.29 is 4.79 Å². The quantitative estimate of drug-likeness (QED) is 0.680. The van der Waals surface area contributed by atoms with Crippen LogP contribution >= 0.6 is 0 Å². The highest BCUT2D eigenvalue weighted by atomic mass is 16.1. The second kappa shape index (κ2) is 5.14. The lowest BCUT2D eigenvalue weighted by Crippen LogP contribution is -2.15. The number of hydrogen-bond acceptors (Lipinski definition) is 3. The molecule has 100 valence electrons. The molecule has 0 saturated heterocycles. The Morgan fingerprint density at radius 3 is 2.75 bits per heavy atom. The Balaban J connectivity index is 1.93. The number of benzene rings is 2. The van der Waals surface area contributed by atoms with Crippen LogP contribution in [0.1, 0.15) is 16.1 Å². The van der Waals surface area contributed by atoms with Gasteiger partial charge in [-0.05, 0) is 17.7 Å². The number of carbonyl (C=O) groups is 1. The van der Waals surface area contributed by atoms with Crippen LogP contribution in [0.4, 0.5) is 5.69 Å². The average molecular weight is 266 g/mol. The minimum atomic E-state index is -0.247. The van der Waals surface area contributed by atoms with Gasteiger partial charge in [0.1, 0.15) is 0 Å². The Hall–Kier alpha value is -2.66. The van der Waals surface area contributed by atoms with Crippen LogP contribution in [-0.4, -0.2) is 16.1 Å². The van der Waals surface area contributed by atoms with E-state index in [1.165, 1.54) is 0 Å². The molecular formula is C15H14N4O. The van der Waals surface area contributed by atoms with Crippen LogP contribution in [0, 0.1) is 0 Å². The number of amides is 1. The molecule has 0 saturated carbocycles. The predicted octanol–water partition coefficient (Wildman–Crippen LogP) is 2.27. The van der Waals surface area contributed by atoms with Crippen LogP contribution < -0.4 is 11.1 Å². The molecule has 3 rings (SSSR count). The summed E-state index contributed by atoms with van der Waals surface area (Å²) < 4.78 is 0. The van der Waals surface area contributed by atoms with Crippen molar-refractivity contribution in [2.45, 2.75) is 6.54 Å². The fraction of sp³-hybridized carbons (Fsp3) is 0.0667. The van der Waals surface area contributed by atoms with Crippen molar-refractivity contribution in [3.63, 3.8) is 0 Å². The van der Waals surface area contributed by atoms with Gasteiger partial charge in [-0.3, -0.25) is 9.89 Å². The molecule has 0 aliphatic carbocycles. The third kappa shape index (κ3) is 2.15. The van der Waals surface area contributed by atoms with Crippen molar-refractivity contribution in [3.05, 3.63) is 59.8 Å². The number of fused-ring (bicyclic) bond motifs is 1. The molecule has 0 aliphatic heterocycles. The first-order valence-corrected chi connectivity index (χ1v) is 6.32. The predicted molar refractivity (Wildman–Crippen MR) is 78.4 cm³/mol. The highest BCUT2D eigenvalue weighted by Gasteiger charge is 2.14. The number of H-pyrrole nitrogens is 1. The summed E-state index contributed by atoms with van der Waals surface area (Å²) in [5, 5.41) is 10.6. The van der Waals surface area contributed by atoms with E-state index in [1.807, 2.05) is 48.5 Å².